The maximum Gasteiger partial charge on any atom is 0.326 e. The minimum Gasteiger partial charge on any atom is -0.481 e. The van der Waals surface area contributed by atoms with Crippen LogP contribution in [-0.4, -0.2) is 208 Å². The van der Waals surface area contributed by atoms with Gasteiger partial charge in [0.15, 0.2) is 0 Å². The standard InChI is InChI=1S/C69H81N17O17S2/c1-37(70)59(92)78-46(21-38-13-5-2-6-14-38)63(96)86-55(34-105)68(101)83-51(26-43-31-72-36-76-43)65(98)80-47(22-39-15-7-3-8-16-39)61(94)81-49(24-41-29-73-45-20-12-11-19-44(41)45)64(97)79-48(23-40-17-9-4-10-18-40)62(95)82-50(25-42-30-71-35-75-42)60(93)74-32-56(87)77-54(33-104)67(100)84-52(27-57(88)89)66(99)85-53(69(102)103)28-58(90)91/h2-20,29-31,35-37,46-55,73,104-105H,21-28,32-34,70H2,1H3,(H,71,75)(H,72,76)(H,74,93)(H,77,87)(H,78,92)(H,79,97)(H,80,98)(H,81,94)(H,82,95)(H,83,101)(H,84,100)(H,85,99)(H,86,96)(H,88,89)(H,90,91)(H,102,103)/t37-,46-,47-,48-,49-,50-,51-,52-,53-,54-,55-/m0/s1. The maximum atomic E-state index is 15.3. The van der Waals surface area contributed by atoms with E-state index in [9.17, 15) is 67.7 Å². The van der Waals surface area contributed by atoms with Gasteiger partial charge in [-0.15, -0.1) is 0 Å². The third kappa shape index (κ3) is 25.5. The highest BCUT2D eigenvalue weighted by molar-refractivity contribution is 7.80. The topological polar surface area (TPSA) is 531 Å². The Morgan fingerprint density at radius 3 is 1.15 bits per heavy atom. The number of carbonyl (C=O) groups excluding carboxylic acids is 11. The molecule has 19 N–H and O–H groups in total. The quantitative estimate of drug-likeness (QED) is 0.0177. The number of nitrogens with zero attached hydrogens (tertiary/aromatic N) is 2. The number of imidazole rings is 2. The van der Waals surface area contributed by atoms with Crippen LogP contribution in [0.5, 0.6) is 0 Å². The van der Waals surface area contributed by atoms with Crippen LogP contribution >= 0.6 is 25.3 Å². The van der Waals surface area contributed by atoms with Crippen molar-refractivity contribution in [2.75, 3.05) is 18.1 Å². The van der Waals surface area contributed by atoms with Crippen molar-refractivity contribution in [2.45, 2.75) is 125 Å². The molecule has 3 heterocycles. The lowest BCUT2D eigenvalue weighted by molar-refractivity contribution is -0.148. The Labute approximate surface area is 610 Å². The Bertz CT molecular complexity index is 4150. The van der Waals surface area contributed by atoms with Crippen LogP contribution in [0.1, 0.15) is 53.4 Å². The second kappa shape index (κ2) is 40.1. The molecule has 0 spiro atoms. The van der Waals surface area contributed by atoms with Crippen molar-refractivity contribution >= 4 is 119 Å². The largest absolute Gasteiger partial charge is 0.481 e. The summed E-state index contributed by atoms with van der Waals surface area (Å²) >= 11 is 8.45. The van der Waals surface area contributed by atoms with E-state index >= 15 is 9.59 Å². The number of hydrogen-bond acceptors (Lipinski definition) is 19. The Hall–Kier alpha value is -11.9. The average Bonchev–Trinajstić information content (AvgIpc) is 1.71. The number of carboxylic acids is 3. The van der Waals surface area contributed by atoms with E-state index in [2.05, 4.69) is 103 Å². The minimum atomic E-state index is -2.02. The highest BCUT2D eigenvalue weighted by Crippen LogP contribution is 2.20. The summed E-state index contributed by atoms with van der Waals surface area (Å²) < 4.78 is 0. The highest BCUT2D eigenvalue weighted by Gasteiger charge is 2.37. The van der Waals surface area contributed by atoms with Gasteiger partial charge in [0.05, 0.1) is 38.1 Å². The van der Waals surface area contributed by atoms with Crippen LogP contribution in [0.2, 0.25) is 0 Å². The summed E-state index contributed by atoms with van der Waals surface area (Å²) in [5, 5.41) is 56.2. The summed E-state index contributed by atoms with van der Waals surface area (Å²) in [5.74, 6) is -16.3. The van der Waals surface area contributed by atoms with Crippen LogP contribution in [0.15, 0.2) is 147 Å². The lowest BCUT2D eigenvalue weighted by Crippen LogP contribution is -2.61. The van der Waals surface area contributed by atoms with Crippen molar-refractivity contribution in [3.8, 4) is 0 Å². The van der Waals surface area contributed by atoms with Crippen LogP contribution in [0, 0.1) is 0 Å². The molecule has 7 rings (SSSR count). The third-order valence-electron chi connectivity index (χ3n) is 16.2. The smallest absolute Gasteiger partial charge is 0.326 e. The predicted molar refractivity (Wildman–Crippen MR) is 383 cm³/mol. The molecule has 4 aromatic carbocycles. The minimum absolute atomic E-state index is 0.0181. The lowest BCUT2D eigenvalue weighted by Gasteiger charge is -2.28. The molecule has 105 heavy (non-hydrogen) atoms. The summed E-state index contributed by atoms with van der Waals surface area (Å²) in [4.78, 5) is 207. The van der Waals surface area contributed by atoms with E-state index in [4.69, 9.17) is 10.8 Å². The van der Waals surface area contributed by atoms with Crippen LogP contribution < -0.4 is 64.2 Å². The fraction of sp³-hybridized carbons (Fsp3) is 0.333. The molecule has 0 radical (unpaired) electrons. The molecule has 11 atom stereocenters. The lowest BCUT2D eigenvalue weighted by atomic mass is 10.00. The number of carboxylic acid groups (broad SMARTS) is 3. The Balaban J connectivity index is 1.13. The first kappa shape index (κ1) is 80.4. The molecular weight excluding hydrogens is 1400 g/mol. The first-order valence-corrected chi connectivity index (χ1v) is 34.1. The van der Waals surface area contributed by atoms with Gasteiger partial charge in [0, 0.05) is 90.9 Å². The molecule has 0 aliphatic carbocycles. The number of carbonyl (C=O) groups is 14. The molecule has 3 aromatic heterocycles. The second-order valence-corrected chi connectivity index (χ2v) is 25.0. The molecule has 0 unspecified atom stereocenters. The number of nitrogens with one attached hydrogen (secondary N) is 14. The normalized spacial score (nSPS) is 14.2. The number of para-hydroxylation sites is 1. The van der Waals surface area contributed by atoms with Crippen LogP contribution in [0.25, 0.3) is 10.9 Å². The predicted octanol–water partition coefficient (Wildman–Crippen LogP) is -2.42. The maximum absolute atomic E-state index is 15.3. The van der Waals surface area contributed by atoms with E-state index in [1.807, 2.05) is 5.32 Å². The van der Waals surface area contributed by atoms with E-state index in [-0.39, 0.29) is 44.3 Å². The summed E-state index contributed by atoms with van der Waals surface area (Å²) in [7, 11) is 0. The Kier molecular flexibility index (Phi) is 30.7. The Morgan fingerprint density at radius 1 is 0.400 bits per heavy atom. The average molecular weight is 1480 g/mol. The highest BCUT2D eigenvalue weighted by atomic mass is 32.1. The summed E-state index contributed by atoms with van der Waals surface area (Å²) in [6.45, 7) is 0.561. The molecule has 0 saturated carbocycles. The van der Waals surface area contributed by atoms with E-state index < -0.39 is 174 Å². The van der Waals surface area contributed by atoms with Gasteiger partial charge in [0.2, 0.25) is 65.0 Å². The van der Waals surface area contributed by atoms with Crippen molar-refractivity contribution < 1.29 is 82.4 Å². The summed E-state index contributed by atoms with van der Waals surface area (Å²) in [5.41, 5.74) is 9.47. The monoisotopic (exact) mass is 1480 g/mol. The number of hydrogen-bond donors (Lipinski definition) is 20. The third-order valence-corrected chi connectivity index (χ3v) is 16.9. The fourth-order valence-electron chi connectivity index (χ4n) is 10.7. The van der Waals surface area contributed by atoms with E-state index in [0.29, 0.717) is 44.5 Å². The van der Waals surface area contributed by atoms with Gasteiger partial charge < -0.3 is 94.5 Å². The Morgan fingerprint density at radius 2 is 0.743 bits per heavy atom. The van der Waals surface area contributed by atoms with Gasteiger partial charge in [-0.1, -0.05) is 109 Å². The number of benzene rings is 4. The number of H-pyrrole nitrogens is 3. The van der Waals surface area contributed by atoms with Crippen LogP contribution in [0.4, 0.5) is 0 Å². The number of amides is 11. The van der Waals surface area contributed by atoms with Crippen molar-refractivity contribution in [1.82, 2.24) is 83.4 Å². The van der Waals surface area contributed by atoms with Crippen molar-refractivity contribution in [2.24, 2.45) is 5.73 Å². The van der Waals surface area contributed by atoms with Gasteiger partial charge in [-0.05, 0) is 35.2 Å². The van der Waals surface area contributed by atoms with Crippen molar-refractivity contribution in [3.05, 3.63) is 180 Å². The molecule has 34 nitrogen and oxygen atoms in total. The van der Waals surface area contributed by atoms with Crippen LogP contribution in [-0.2, 0) is 106 Å². The number of fused-ring (bicyclic) bond motifs is 1. The number of thiol groups is 2. The van der Waals surface area contributed by atoms with Gasteiger partial charge in [0.25, 0.3) is 0 Å². The molecule has 0 aliphatic rings. The molecule has 0 aliphatic heterocycles. The number of aromatic nitrogens is 5. The molecule has 0 bridgehead atoms. The van der Waals surface area contributed by atoms with Gasteiger partial charge in [0.1, 0.15) is 60.4 Å². The molecule has 0 saturated heterocycles. The number of nitrogens with two attached hydrogens (primary N) is 1. The SMILES string of the molecule is C[C@H](N)C(=O)N[C@@H](Cc1ccccc1)C(=O)N[C@@H](CS)C(=O)N[C@@H](Cc1cnc[nH]1)C(=O)N[C@@H](Cc1ccccc1)C(=O)N[C@@H](Cc1c[nH]c2ccccc12)C(=O)N[C@@H](Cc1ccccc1)C(=O)N[C@@H](Cc1cnc[nH]1)C(=O)NCC(=O)N[C@@H](CS)C(=O)N[C@@H](CC(=O)O)C(=O)N[C@@H](CC(=O)O)C(=O)O. The first-order valence-electron chi connectivity index (χ1n) is 32.8. The fourth-order valence-corrected chi connectivity index (χ4v) is 11.2. The van der Waals surface area contributed by atoms with E-state index in [0.717, 1.165) is 0 Å². The van der Waals surface area contributed by atoms with Crippen LogP contribution in [0.3, 0.4) is 0 Å². The van der Waals surface area contributed by atoms with Gasteiger partial charge >= 0.3 is 17.9 Å². The zero-order chi connectivity index (χ0) is 76.1. The van der Waals surface area contributed by atoms with E-state index in [1.54, 1.807) is 121 Å². The zero-order valence-corrected chi connectivity index (χ0v) is 58.2. The number of rotatable bonds is 41. The molecule has 11 amide bonds. The number of aromatic amines is 3. The first-order chi connectivity index (χ1) is 50.3. The molecular formula is C69H81N17O17S2. The molecule has 556 valence electrons. The summed E-state index contributed by atoms with van der Waals surface area (Å²) in [6, 6.07) is 16.0. The zero-order valence-electron chi connectivity index (χ0n) is 56.4. The van der Waals surface area contributed by atoms with E-state index in [1.165, 1.54) is 32.0 Å². The van der Waals surface area contributed by atoms with Gasteiger partial charge in [-0.25, -0.2) is 14.8 Å². The van der Waals surface area contributed by atoms with Crippen molar-refractivity contribution in [3.63, 3.8) is 0 Å². The molecule has 7 aromatic rings. The van der Waals surface area contributed by atoms with Crippen molar-refractivity contribution in [1.29, 1.82) is 0 Å². The van der Waals surface area contributed by atoms with Gasteiger partial charge in [-0.2, -0.15) is 25.3 Å². The second-order valence-electron chi connectivity index (χ2n) is 24.3. The van der Waals surface area contributed by atoms with Gasteiger partial charge in [-0.3, -0.25) is 62.3 Å². The summed E-state index contributed by atoms with van der Waals surface area (Å²) in [6.07, 6.45) is 3.69. The molecule has 36 heteroatoms. The molecule has 0 fully saturated rings. The number of aliphatic carboxylic acids is 3.